The van der Waals surface area contributed by atoms with Crippen molar-refractivity contribution in [2.75, 3.05) is 11.1 Å². The molecule has 2 aromatic rings. The van der Waals surface area contributed by atoms with Crippen LogP contribution in [0, 0.1) is 11.3 Å². The van der Waals surface area contributed by atoms with Crippen molar-refractivity contribution in [2.24, 2.45) is 0 Å². The van der Waals surface area contributed by atoms with Gasteiger partial charge in [0.25, 0.3) is 5.91 Å². The van der Waals surface area contributed by atoms with E-state index in [1.54, 1.807) is 30.3 Å². The van der Waals surface area contributed by atoms with E-state index in [2.05, 4.69) is 21.2 Å². The molecule has 6 heteroatoms. The number of carbonyl (C=O) groups is 1. The summed E-state index contributed by atoms with van der Waals surface area (Å²) < 4.78 is 0.629. The predicted molar refractivity (Wildman–Crippen MR) is 82.7 cm³/mol. The number of amides is 1. The number of nitrogens with one attached hydrogen (secondary N) is 1. The van der Waals surface area contributed by atoms with Crippen LogP contribution in [0.5, 0.6) is 0 Å². The van der Waals surface area contributed by atoms with Crippen LogP contribution in [0.1, 0.15) is 15.9 Å². The van der Waals surface area contributed by atoms with Crippen molar-refractivity contribution in [3.05, 3.63) is 57.0 Å². The van der Waals surface area contributed by atoms with Gasteiger partial charge in [-0.15, -0.1) is 0 Å². The van der Waals surface area contributed by atoms with Crippen LogP contribution >= 0.6 is 27.5 Å². The minimum Gasteiger partial charge on any atom is -0.399 e. The van der Waals surface area contributed by atoms with Gasteiger partial charge >= 0.3 is 0 Å². The third-order valence-corrected chi connectivity index (χ3v) is 3.81. The average Bonchev–Trinajstić information content (AvgIpc) is 2.43. The first-order chi connectivity index (χ1) is 9.51. The molecule has 0 spiro atoms. The fraction of sp³-hybridized carbons (Fsp3) is 0. The summed E-state index contributed by atoms with van der Waals surface area (Å²) in [5, 5.41) is 12.2. The fourth-order valence-corrected chi connectivity index (χ4v) is 2.09. The third kappa shape index (κ3) is 3.10. The molecule has 1 amide bonds. The quantitative estimate of drug-likeness (QED) is 0.808. The second-order valence-electron chi connectivity index (χ2n) is 4.00. The molecular weight excluding hydrogens is 342 g/mol. The molecule has 0 heterocycles. The van der Waals surface area contributed by atoms with Crippen molar-refractivity contribution in [3.8, 4) is 6.07 Å². The summed E-state index contributed by atoms with van der Waals surface area (Å²) in [5.41, 5.74) is 7.22. The van der Waals surface area contributed by atoms with E-state index in [1.807, 2.05) is 6.07 Å². The Hall–Kier alpha value is -2.03. The van der Waals surface area contributed by atoms with Gasteiger partial charge in [-0.3, -0.25) is 4.79 Å². The van der Waals surface area contributed by atoms with E-state index < -0.39 is 0 Å². The largest absolute Gasteiger partial charge is 0.399 e. The monoisotopic (exact) mass is 349 g/mol. The van der Waals surface area contributed by atoms with Crippen LogP contribution in [-0.4, -0.2) is 5.91 Å². The van der Waals surface area contributed by atoms with E-state index in [9.17, 15) is 4.79 Å². The molecule has 0 aliphatic carbocycles. The Bertz CT molecular complexity index is 725. The smallest absolute Gasteiger partial charge is 0.255 e. The maximum atomic E-state index is 12.1. The van der Waals surface area contributed by atoms with E-state index in [-0.39, 0.29) is 5.91 Å². The van der Waals surface area contributed by atoms with Crippen molar-refractivity contribution < 1.29 is 4.79 Å². The topological polar surface area (TPSA) is 78.9 Å². The summed E-state index contributed by atoms with van der Waals surface area (Å²) in [6.07, 6.45) is 0. The molecule has 0 atom stereocenters. The zero-order valence-corrected chi connectivity index (χ0v) is 12.5. The Morgan fingerprint density at radius 2 is 2.05 bits per heavy atom. The lowest BCUT2D eigenvalue weighted by Crippen LogP contribution is -2.13. The van der Waals surface area contributed by atoms with Gasteiger partial charge < -0.3 is 11.1 Å². The molecule has 0 fully saturated rings. The highest BCUT2D eigenvalue weighted by molar-refractivity contribution is 9.10. The molecule has 0 aliphatic rings. The summed E-state index contributed by atoms with van der Waals surface area (Å²) in [4.78, 5) is 12.1. The van der Waals surface area contributed by atoms with Crippen LogP contribution in [0.25, 0.3) is 0 Å². The molecule has 0 unspecified atom stereocenters. The molecule has 2 rings (SSSR count). The molecule has 20 heavy (non-hydrogen) atoms. The lowest BCUT2D eigenvalue weighted by atomic mass is 10.1. The second-order valence-corrected chi connectivity index (χ2v) is 5.26. The Labute approximate surface area is 129 Å². The first-order valence-corrected chi connectivity index (χ1v) is 6.74. The van der Waals surface area contributed by atoms with Gasteiger partial charge in [-0.1, -0.05) is 11.6 Å². The van der Waals surface area contributed by atoms with Crippen LogP contribution < -0.4 is 11.1 Å². The predicted octanol–water partition coefficient (Wildman–Crippen LogP) is 3.81. The van der Waals surface area contributed by atoms with E-state index >= 15 is 0 Å². The van der Waals surface area contributed by atoms with Crippen LogP contribution in [0.4, 0.5) is 11.4 Å². The van der Waals surface area contributed by atoms with Gasteiger partial charge in [-0.05, 0) is 52.3 Å². The maximum Gasteiger partial charge on any atom is 0.255 e. The summed E-state index contributed by atoms with van der Waals surface area (Å²) in [5.74, 6) is -0.330. The fourth-order valence-electron chi connectivity index (χ4n) is 1.60. The molecule has 0 saturated carbocycles. The van der Waals surface area contributed by atoms with Gasteiger partial charge in [-0.25, -0.2) is 0 Å². The van der Waals surface area contributed by atoms with Crippen LogP contribution in [0.15, 0.2) is 40.9 Å². The molecule has 0 radical (unpaired) electrons. The van der Waals surface area contributed by atoms with Crippen LogP contribution in [-0.2, 0) is 0 Å². The van der Waals surface area contributed by atoms with Crippen molar-refractivity contribution in [2.45, 2.75) is 0 Å². The zero-order chi connectivity index (χ0) is 14.7. The Kier molecular flexibility index (Phi) is 4.28. The van der Waals surface area contributed by atoms with Gasteiger partial charge in [0.2, 0.25) is 0 Å². The SMILES string of the molecule is N#Cc1cc(N)ccc1NC(=O)c1ccc(Cl)c(Br)c1. The van der Waals surface area contributed by atoms with Gasteiger partial charge in [-0.2, -0.15) is 5.26 Å². The highest BCUT2D eigenvalue weighted by atomic mass is 79.9. The Morgan fingerprint density at radius 1 is 1.30 bits per heavy atom. The van der Waals surface area contributed by atoms with E-state index in [4.69, 9.17) is 22.6 Å². The van der Waals surface area contributed by atoms with Crippen molar-refractivity contribution in [1.29, 1.82) is 5.26 Å². The van der Waals surface area contributed by atoms with Crippen LogP contribution in [0.3, 0.4) is 0 Å². The van der Waals surface area contributed by atoms with Crippen molar-refractivity contribution in [3.63, 3.8) is 0 Å². The summed E-state index contributed by atoms with van der Waals surface area (Å²) in [7, 11) is 0. The van der Waals surface area contributed by atoms with E-state index in [1.165, 1.54) is 6.07 Å². The standard InChI is InChI=1S/C14H9BrClN3O/c15-11-6-8(1-3-12(11)16)14(20)19-13-4-2-10(18)5-9(13)7-17/h1-6H,18H2,(H,19,20). The van der Waals surface area contributed by atoms with E-state index in [0.717, 1.165) is 0 Å². The number of nitrogen functional groups attached to an aromatic ring is 1. The number of anilines is 2. The number of hydrogen-bond donors (Lipinski definition) is 2. The van der Waals surface area contributed by atoms with Crippen LogP contribution in [0.2, 0.25) is 5.02 Å². The first kappa shape index (κ1) is 14.4. The molecule has 0 aliphatic heterocycles. The lowest BCUT2D eigenvalue weighted by Gasteiger charge is -2.08. The first-order valence-electron chi connectivity index (χ1n) is 5.57. The number of nitriles is 1. The molecule has 0 saturated heterocycles. The molecular formula is C14H9BrClN3O. The highest BCUT2D eigenvalue weighted by Gasteiger charge is 2.10. The number of rotatable bonds is 2. The summed E-state index contributed by atoms with van der Waals surface area (Å²) >= 11 is 9.13. The molecule has 3 N–H and O–H groups in total. The molecule has 0 aromatic heterocycles. The van der Waals surface area contributed by atoms with Crippen molar-refractivity contribution >= 4 is 44.8 Å². The third-order valence-electron chi connectivity index (χ3n) is 2.59. The Morgan fingerprint density at radius 3 is 2.70 bits per heavy atom. The molecule has 4 nitrogen and oxygen atoms in total. The second kappa shape index (κ2) is 5.95. The number of nitrogens with two attached hydrogens (primary N) is 1. The lowest BCUT2D eigenvalue weighted by molar-refractivity contribution is 0.102. The summed E-state index contributed by atoms with van der Waals surface area (Å²) in [6, 6.07) is 11.5. The minimum atomic E-state index is -0.330. The number of carbonyl (C=O) groups excluding carboxylic acids is 1. The maximum absolute atomic E-state index is 12.1. The molecule has 0 bridgehead atoms. The van der Waals surface area contributed by atoms with Gasteiger partial charge in [0, 0.05) is 15.7 Å². The van der Waals surface area contributed by atoms with Gasteiger partial charge in [0.1, 0.15) is 6.07 Å². The number of benzene rings is 2. The highest BCUT2D eigenvalue weighted by Crippen LogP contribution is 2.24. The Balaban J connectivity index is 2.28. The zero-order valence-electron chi connectivity index (χ0n) is 10.2. The van der Waals surface area contributed by atoms with Gasteiger partial charge in [0.05, 0.1) is 16.3 Å². The number of hydrogen-bond acceptors (Lipinski definition) is 3. The van der Waals surface area contributed by atoms with Crippen molar-refractivity contribution in [1.82, 2.24) is 0 Å². The average molecular weight is 351 g/mol. The molecule has 2 aromatic carbocycles. The van der Waals surface area contributed by atoms with Gasteiger partial charge in [0.15, 0.2) is 0 Å². The van der Waals surface area contributed by atoms with E-state index in [0.29, 0.717) is 32.0 Å². The number of nitrogens with zero attached hydrogens (tertiary/aromatic N) is 1. The minimum absolute atomic E-state index is 0.311. The molecule has 100 valence electrons. The summed E-state index contributed by atoms with van der Waals surface area (Å²) in [6.45, 7) is 0. The normalized spacial score (nSPS) is 9.85. The number of halogens is 2.